The normalized spacial score (nSPS) is 12.2. The number of nitrogens with one attached hydrogen (secondary N) is 1. The molecule has 0 bridgehead atoms. The van der Waals surface area contributed by atoms with E-state index in [2.05, 4.69) is 5.32 Å². The Morgan fingerprint density at radius 1 is 1.30 bits per heavy atom. The second-order valence-electron chi connectivity index (χ2n) is 6.42. The fourth-order valence-electron chi connectivity index (χ4n) is 1.68. The van der Waals surface area contributed by atoms with Crippen molar-refractivity contribution >= 4 is 23.4 Å². The van der Waals surface area contributed by atoms with Gasteiger partial charge in [-0.15, -0.1) is 0 Å². The van der Waals surface area contributed by atoms with Crippen LogP contribution >= 0.6 is 11.6 Å². The van der Waals surface area contributed by atoms with Crippen LogP contribution < -0.4 is 5.32 Å². The Labute approximate surface area is 125 Å². The topological polar surface area (TPSA) is 58.6 Å². The van der Waals surface area contributed by atoms with Gasteiger partial charge in [0, 0.05) is 17.1 Å². The zero-order chi connectivity index (χ0) is 15.6. The molecule has 1 amide bonds. The molecule has 4 nitrogen and oxygen atoms in total. The first-order chi connectivity index (χ1) is 8.96. The number of ether oxygens (including phenoxy) is 1. The molecule has 1 rings (SSSR count). The maximum atomic E-state index is 11.7. The Kier molecular flexibility index (Phi) is 5.05. The number of carbonyl (C=O) groups excluding carboxylic acids is 1. The van der Waals surface area contributed by atoms with Crippen LogP contribution in [0.2, 0.25) is 5.02 Å². The molecule has 1 aromatic rings. The third kappa shape index (κ3) is 6.26. The molecule has 0 spiro atoms. The van der Waals surface area contributed by atoms with Gasteiger partial charge in [0.2, 0.25) is 0 Å². The lowest BCUT2D eigenvalue weighted by atomic mass is 9.98. The van der Waals surface area contributed by atoms with E-state index in [-0.39, 0.29) is 0 Å². The summed E-state index contributed by atoms with van der Waals surface area (Å²) < 4.78 is 5.18. The highest BCUT2D eigenvalue weighted by Gasteiger charge is 2.18. The van der Waals surface area contributed by atoms with Crippen LogP contribution in [0.5, 0.6) is 0 Å². The lowest BCUT2D eigenvalue weighted by molar-refractivity contribution is 0.0636. The van der Waals surface area contributed by atoms with Gasteiger partial charge < -0.3 is 9.84 Å². The van der Waals surface area contributed by atoms with Gasteiger partial charge in [-0.25, -0.2) is 4.79 Å². The van der Waals surface area contributed by atoms with Gasteiger partial charge in [0.1, 0.15) is 5.60 Å². The summed E-state index contributed by atoms with van der Waals surface area (Å²) in [6.45, 7) is 8.81. The second kappa shape index (κ2) is 6.02. The van der Waals surface area contributed by atoms with Crippen LogP contribution in [-0.4, -0.2) is 22.4 Å². The van der Waals surface area contributed by atoms with Crippen LogP contribution in [0.25, 0.3) is 0 Å². The van der Waals surface area contributed by atoms with Crippen molar-refractivity contribution in [3.63, 3.8) is 0 Å². The van der Waals surface area contributed by atoms with Gasteiger partial charge in [0.05, 0.1) is 5.60 Å². The van der Waals surface area contributed by atoms with Crippen molar-refractivity contribution in [2.75, 3.05) is 5.32 Å². The van der Waals surface area contributed by atoms with Crippen molar-refractivity contribution in [2.24, 2.45) is 0 Å². The summed E-state index contributed by atoms with van der Waals surface area (Å²) in [5.74, 6) is 0. The predicted octanol–water partition coefficient (Wildman–Crippen LogP) is 4.00. The highest BCUT2D eigenvalue weighted by Crippen LogP contribution is 2.25. The van der Waals surface area contributed by atoms with Gasteiger partial charge in [-0.1, -0.05) is 11.6 Å². The van der Waals surface area contributed by atoms with Crippen molar-refractivity contribution in [2.45, 2.75) is 52.2 Å². The molecular formula is C15H22ClNO3. The Balaban J connectivity index is 2.82. The molecule has 0 fully saturated rings. The Bertz CT molecular complexity index is 487. The highest BCUT2D eigenvalue weighted by molar-refractivity contribution is 6.31. The first-order valence-corrected chi connectivity index (χ1v) is 6.85. The summed E-state index contributed by atoms with van der Waals surface area (Å²) in [7, 11) is 0. The molecule has 1 aromatic carbocycles. The number of rotatable bonds is 3. The summed E-state index contributed by atoms with van der Waals surface area (Å²) in [6, 6.07) is 5.12. The molecule has 0 aliphatic heterocycles. The minimum absolute atomic E-state index is 0.398. The average Bonchev–Trinajstić information content (AvgIpc) is 2.18. The third-order valence-electron chi connectivity index (χ3n) is 2.31. The molecule has 0 unspecified atom stereocenters. The van der Waals surface area contributed by atoms with E-state index in [0.29, 0.717) is 17.1 Å². The van der Waals surface area contributed by atoms with Gasteiger partial charge in [-0.2, -0.15) is 0 Å². The van der Waals surface area contributed by atoms with Crippen LogP contribution in [0.15, 0.2) is 18.2 Å². The van der Waals surface area contributed by atoms with E-state index in [1.165, 1.54) is 0 Å². The van der Waals surface area contributed by atoms with Crippen LogP contribution in [0.3, 0.4) is 0 Å². The average molecular weight is 300 g/mol. The molecule has 0 radical (unpaired) electrons. The maximum Gasteiger partial charge on any atom is 0.412 e. The molecular weight excluding hydrogens is 278 g/mol. The Morgan fingerprint density at radius 3 is 2.40 bits per heavy atom. The SMILES string of the molecule is CC(C)(O)Cc1cc(NC(=O)OC(C)(C)C)ccc1Cl. The fraction of sp³-hybridized carbons (Fsp3) is 0.533. The first kappa shape index (κ1) is 16.8. The summed E-state index contributed by atoms with van der Waals surface area (Å²) in [6.07, 6.45) is -0.121. The van der Waals surface area contributed by atoms with E-state index >= 15 is 0 Å². The predicted molar refractivity (Wildman–Crippen MR) is 81.3 cm³/mol. The fourth-order valence-corrected chi connectivity index (χ4v) is 1.86. The number of carbonyl (C=O) groups is 1. The van der Waals surface area contributed by atoms with E-state index in [1.807, 2.05) is 0 Å². The first-order valence-electron chi connectivity index (χ1n) is 6.47. The van der Waals surface area contributed by atoms with E-state index < -0.39 is 17.3 Å². The minimum Gasteiger partial charge on any atom is -0.444 e. The van der Waals surface area contributed by atoms with E-state index in [9.17, 15) is 9.90 Å². The van der Waals surface area contributed by atoms with E-state index in [4.69, 9.17) is 16.3 Å². The van der Waals surface area contributed by atoms with E-state index in [1.54, 1.807) is 52.8 Å². The molecule has 2 N–H and O–H groups in total. The molecule has 0 atom stereocenters. The highest BCUT2D eigenvalue weighted by atomic mass is 35.5. The molecule has 0 aromatic heterocycles. The van der Waals surface area contributed by atoms with Crippen LogP contribution in [0.4, 0.5) is 10.5 Å². The number of aliphatic hydroxyl groups is 1. The van der Waals surface area contributed by atoms with Crippen molar-refractivity contribution in [1.82, 2.24) is 0 Å². The Morgan fingerprint density at radius 2 is 1.90 bits per heavy atom. The molecule has 0 aliphatic rings. The van der Waals surface area contributed by atoms with E-state index in [0.717, 1.165) is 5.56 Å². The number of hydrogen-bond acceptors (Lipinski definition) is 3. The quantitative estimate of drug-likeness (QED) is 0.887. The molecule has 5 heteroatoms. The van der Waals surface area contributed by atoms with Gasteiger partial charge in [0.25, 0.3) is 0 Å². The Hall–Kier alpha value is -1.26. The third-order valence-corrected chi connectivity index (χ3v) is 2.68. The second-order valence-corrected chi connectivity index (χ2v) is 6.83. The smallest absolute Gasteiger partial charge is 0.412 e. The van der Waals surface area contributed by atoms with Crippen molar-refractivity contribution in [1.29, 1.82) is 0 Å². The number of halogens is 1. The van der Waals surface area contributed by atoms with Gasteiger partial charge >= 0.3 is 6.09 Å². The zero-order valence-electron chi connectivity index (χ0n) is 12.6. The van der Waals surface area contributed by atoms with Gasteiger partial charge in [0.15, 0.2) is 0 Å². The molecule has 0 heterocycles. The summed E-state index contributed by atoms with van der Waals surface area (Å²) in [4.78, 5) is 11.7. The number of amides is 1. The van der Waals surface area contributed by atoms with Crippen LogP contribution in [0, 0.1) is 0 Å². The lowest BCUT2D eigenvalue weighted by Gasteiger charge is -2.21. The zero-order valence-corrected chi connectivity index (χ0v) is 13.3. The largest absolute Gasteiger partial charge is 0.444 e. The molecule has 20 heavy (non-hydrogen) atoms. The maximum absolute atomic E-state index is 11.7. The van der Waals surface area contributed by atoms with Crippen molar-refractivity contribution in [3.05, 3.63) is 28.8 Å². The van der Waals surface area contributed by atoms with Crippen molar-refractivity contribution in [3.8, 4) is 0 Å². The van der Waals surface area contributed by atoms with Crippen LogP contribution in [-0.2, 0) is 11.2 Å². The molecule has 0 saturated carbocycles. The molecule has 0 aliphatic carbocycles. The summed E-state index contributed by atoms with van der Waals surface area (Å²) in [5.41, 5.74) is -0.0590. The van der Waals surface area contributed by atoms with Gasteiger partial charge in [-0.05, 0) is 58.4 Å². The number of benzene rings is 1. The van der Waals surface area contributed by atoms with Gasteiger partial charge in [-0.3, -0.25) is 5.32 Å². The molecule has 112 valence electrons. The lowest BCUT2D eigenvalue weighted by Crippen LogP contribution is -2.27. The standard InChI is InChI=1S/C15H22ClNO3/c1-14(2,3)20-13(18)17-11-6-7-12(16)10(8-11)9-15(4,5)19/h6-8,19H,9H2,1-5H3,(H,17,18). The minimum atomic E-state index is -0.867. The molecule has 0 saturated heterocycles. The monoisotopic (exact) mass is 299 g/mol. The number of anilines is 1. The summed E-state index contributed by atoms with van der Waals surface area (Å²) in [5, 5.41) is 13.1. The van der Waals surface area contributed by atoms with Crippen molar-refractivity contribution < 1.29 is 14.6 Å². The number of hydrogen-bond donors (Lipinski definition) is 2. The van der Waals surface area contributed by atoms with Crippen LogP contribution in [0.1, 0.15) is 40.2 Å². The summed E-state index contributed by atoms with van der Waals surface area (Å²) >= 11 is 6.09.